The topological polar surface area (TPSA) is 14.8 Å². The number of nitrogens with zero attached hydrogens (tertiary/aromatic N) is 3. The van der Waals surface area contributed by atoms with Crippen LogP contribution >= 0.6 is 23.1 Å². The van der Waals surface area contributed by atoms with Crippen molar-refractivity contribution in [3.8, 4) is 17.1 Å². The molecule has 0 fully saturated rings. The van der Waals surface area contributed by atoms with Crippen molar-refractivity contribution in [2.24, 2.45) is 0 Å². The van der Waals surface area contributed by atoms with Gasteiger partial charge in [0.15, 0.2) is 0 Å². The fourth-order valence-corrected chi connectivity index (χ4v) is 11.5. The van der Waals surface area contributed by atoms with Crippen molar-refractivity contribution < 1.29 is 0 Å². The number of hydrogen-bond donors (Lipinski definition) is 0. The van der Waals surface area contributed by atoms with Crippen molar-refractivity contribution in [1.29, 1.82) is 0 Å². The molecule has 0 saturated heterocycles. The predicted octanol–water partition coefficient (Wildman–Crippen LogP) is 15.5. The molecule has 0 spiro atoms. The summed E-state index contributed by atoms with van der Waals surface area (Å²) < 4.78 is 9.91. The standard InChI is InChI=1S/C54H33N3S2/c1-6-19-47-39(14-1)40-15-2-7-20-48(40)55(47)34-12-11-13-35(30-34)56-49-21-8-3-16-41(49)44-32-37(25-27-51(44)56)58-38-26-28-52-45(33-38)42-17-4-9-22-50(42)57(52)36-24-29-54-46(31-36)43-18-5-10-23-53(43)59-54/h1-33H. The van der Waals surface area contributed by atoms with Gasteiger partial charge in [-0.05, 0) is 103 Å². The van der Waals surface area contributed by atoms with Crippen molar-refractivity contribution >= 4 is 109 Å². The van der Waals surface area contributed by atoms with Gasteiger partial charge in [-0.25, -0.2) is 0 Å². The van der Waals surface area contributed by atoms with Crippen LogP contribution < -0.4 is 0 Å². The second-order valence-corrected chi connectivity index (χ2v) is 17.6. The van der Waals surface area contributed by atoms with Gasteiger partial charge in [0.25, 0.3) is 0 Å². The molecule has 4 heterocycles. The minimum Gasteiger partial charge on any atom is -0.309 e. The number of para-hydroxylation sites is 4. The van der Waals surface area contributed by atoms with Crippen molar-refractivity contribution in [1.82, 2.24) is 13.7 Å². The highest BCUT2D eigenvalue weighted by atomic mass is 32.2. The summed E-state index contributed by atoms with van der Waals surface area (Å²) >= 11 is 3.70. The predicted molar refractivity (Wildman–Crippen MR) is 253 cm³/mol. The van der Waals surface area contributed by atoms with E-state index in [1.54, 1.807) is 0 Å². The first-order valence-corrected chi connectivity index (χ1v) is 21.6. The monoisotopic (exact) mass is 787 g/mol. The molecule has 5 heteroatoms. The van der Waals surface area contributed by atoms with Crippen LogP contribution in [0.5, 0.6) is 0 Å². The Morgan fingerprint density at radius 1 is 0.271 bits per heavy atom. The molecule has 0 amide bonds. The molecule has 0 N–H and O–H groups in total. The Bertz CT molecular complexity index is 3790. The van der Waals surface area contributed by atoms with Gasteiger partial charge < -0.3 is 13.7 Å². The quantitative estimate of drug-likeness (QED) is 0.170. The Balaban J connectivity index is 0.911. The van der Waals surface area contributed by atoms with Crippen LogP contribution in [0.15, 0.2) is 210 Å². The molecule has 0 aliphatic carbocycles. The maximum atomic E-state index is 2.43. The van der Waals surface area contributed by atoms with Crippen LogP contribution in [-0.2, 0) is 0 Å². The molecule has 13 aromatic rings. The van der Waals surface area contributed by atoms with Crippen molar-refractivity contribution in [3.05, 3.63) is 200 Å². The van der Waals surface area contributed by atoms with E-state index in [0.29, 0.717) is 0 Å². The SMILES string of the molecule is c1cc(-n2c3ccccc3c3ccccc32)cc(-n2c3ccccc3c3cc(Sc4ccc5c(c4)c4ccccc4n5-c4ccc5sc6ccccc6c5c4)ccc32)c1. The van der Waals surface area contributed by atoms with Crippen molar-refractivity contribution in [3.63, 3.8) is 0 Å². The van der Waals surface area contributed by atoms with Crippen LogP contribution in [-0.4, -0.2) is 13.7 Å². The molecule has 0 radical (unpaired) electrons. The Morgan fingerprint density at radius 3 is 1.20 bits per heavy atom. The largest absolute Gasteiger partial charge is 0.309 e. The van der Waals surface area contributed by atoms with E-state index < -0.39 is 0 Å². The zero-order valence-corrected chi connectivity index (χ0v) is 33.3. The van der Waals surface area contributed by atoms with Crippen LogP contribution in [0.2, 0.25) is 0 Å². The fourth-order valence-electron chi connectivity index (χ4n) is 9.55. The van der Waals surface area contributed by atoms with Crippen LogP contribution in [0.3, 0.4) is 0 Å². The molecule has 9 aromatic carbocycles. The van der Waals surface area contributed by atoms with Gasteiger partial charge in [0.2, 0.25) is 0 Å². The van der Waals surface area contributed by atoms with Gasteiger partial charge in [0.05, 0.1) is 33.1 Å². The molecule has 4 aromatic heterocycles. The average molecular weight is 788 g/mol. The lowest BCUT2D eigenvalue weighted by Crippen LogP contribution is -1.98. The van der Waals surface area contributed by atoms with E-state index in [0.717, 1.165) is 11.4 Å². The molecular formula is C54H33N3S2. The molecule has 0 atom stereocenters. The zero-order chi connectivity index (χ0) is 38.6. The van der Waals surface area contributed by atoms with E-state index in [9.17, 15) is 0 Å². The summed E-state index contributed by atoms with van der Waals surface area (Å²) in [7, 11) is 0. The van der Waals surface area contributed by atoms with Gasteiger partial charge in [-0.15, -0.1) is 11.3 Å². The number of thiophene rings is 1. The van der Waals surface area contributed by atoms with Gasteiger partial charge in [-0.2, -0.15) is 0 Å². The number of fused-ring (bicyclic) bond motifs is 12. The Labute approximate surface area is 347 Å². The minimum atomic E-state index is 1.14. The van der Waals surface area contributed by atoms with Crippen LogP contribution in [0, 0.1) is 0 Å². The third-order valence-corrected chi connectivity index (χ3v) is 14.2. The van der Waals surface area contributed by atoms with Crippen LogP contribution in [0.1, 0.15) is 0 Å². The highest BCUT2D eigenvalue weighted by molar-refractivity contribution is 7.99. The molecule has 0 aliphatic rings. The summed E-state index contributed by atoms with van der Waals surface area (Å²) in [6.07, 6.45) is 0. The van der Waals surface area contributed by atoms with Gasteiger partial charge >= 0.3 is 0 Å². The Hall–Kier alpha value is -7.05. The summed E-state index contributed by atoms with van der Waals surface area (Å²) in [4.78, 5) is 2.44. The first kappa shape index (κ1) is 33.0. The summed E-state index contributed by atoms with van der Waals surface area (Å²) in [5.74, 6) is 0. The van der Waals surface area contributed by atoms with Crippen molar-refractivity contribution in [2.45, 2.75) is 9.79 Å². The molecule has 3 nitrogen and oxygen atoms in total. The summed E-state index contributed by atoms with van der Waals surface area (Å²) in [6.45, 7) is 0. The van der Waals surface area contributed by atoms with E-state index in [1.165, 1.54) is 101 Å². The minimum absolute atomic E-state index is 1.14. The number of hydrogen-bond acceptors (Lipinski definition) is 2. The fraction of sp³-hybridized carbons (Fsp3) is 0. The van der Waals surface area contributed by atoms with E-state index >= 15 is 0 Å². The van der Waals surface area contributed by atoms with Crippen molar-refractivity contribution in [2.75, 3.05) is 0 Å². The summed E-state index contributed by atoms with van der Waals surface area (Å²) in [5, 5.41) is 10.2. The molecule has 0 aliphatic heterocycles. The summed E-state index contributed by atoms with van der Waals surface area (Å²) in [5.41, 5.74) is 10.7. The molecule has 0 bridgehead atoms. The summed E-state index contributed by atoms with van der Waals surface area (Å²) in [6, 6.07) is 73.7. The maximum absolute atomic E-state index is 2.43. The van der Waals surface area contributed by atoms with Crippen LogP contribution in [0.25, 0.3) is 103 Å². The smallest absolute Gasteiger partial charge is 0.0541 e. The Morgan fingerprint density at radius 2 is 0.678 bits per heavy atom. The Kier molecular flexibility index (Phi) is 7.11. The normalized spacial score (nSPS) is 12.1. The first-order chi connectivity index (χ1) is 29.2. The third kappa shape index (κ3) is 4.96. The van der Waals surface area contributed by atoms with Gasteiger partial charge in [-0.3, -0.25) is 0 Å². The third-order valence-electron chi connectivity index (χ3n) is 12.1. The maximum Gasteiger partial charge on any atom is 0.0541 e. The molecule has 0 saturated carbocycles. The molecule has 0 unspecified atom stereocenters. The van der Waals surface area contributed by atoms with E-state index in [-0.39, 0.29) is 0 Å². The van der Waals surface area contributed by atoms with Gasteiger partial charge in [0, 0.05) is 79.3 Å². The molecule has 276 valence electrons. The van der Waals surface area contributed by atoms with Crippen LogP contribution in [0.4, 0.5) is 0 Å². The molecular weight excluding hydrogens is 755 g/mol. The second-order valence-electron chi connectivity index (χ2n) is 15.3. The van der Waals surface area contributed by atoms with Gasteiger partial charge in [-0.1, -0.05) is 109 Å². The second kappa shape index (κ2) is 12.7. The number of benzene rings is 9. The lowest BCUT2D eigenvalue weighted by Gasteiger charge is -2.13. The highest BCUT2D eigenvalue weighted by Gasteiger charge is 2.18. The van der Waals surface area contributed by atoms with E-state index in [1.807, 2.05) is 23.1 Å². The average Bonchev–Trinajstić information content (AvgIpc) is 4.02. The highest BCUT2D eigenvalue weighted by Crippen LogP contribution is 2.42. The van der Waals surface area contributed by atoms with E-state index in [4.69, 9.17) is 0 Å². The van der Waals surface area contributed by atoms with Gasteiger partial charge in [0.1, 0.15) is 0 Å². The molecule has 13 rings (SSSR count). The lowest BCUT2D eigenvalue weighted by molar-refractivity contribution is 1.13. The number of rotatable bonds is 5. The lowest BCUT2D eigenvalue weighted by atomic mass is 10.1. The number of aromatic nitrogens is 3. The van der Waals surface area contributed by atoms with E-state index in [2.05, 4.69) is 214 Å². The zero-order valence-electron chi connectivity index (χ0n) is 31.7. The first-order valence-electron chi connectivity index (χ1n) is 20.0. The molecule has 59 heavy (non-hydrogen) atoms.